The van der Waals surface area contributed by atoms with Crippen LogP contribution in [0.25, 0.3) is 5.82 Å². The van der Waals surface area contributed by atoms with Gasteiger partial charge in [0.15, 0.2) is 11.5 Å². The molecule has 2 aromatic rings. The first-order valence-electron chi connectivity index (χ1n) is 6.83. The second kappa shape index (κ2) is 4.78. The smallest absolute Gasteiger partial charge is 0.383 e. The highest BCUT2D eigenvalue weighted by atomic mass is 19.4. The lowest BCUT2D eigenvalue weighted by Gasteiger charge is -2.12. The first-order valence-corrected chi connectivity index (χ1v) is 6.83. The zero-order valence-corrected chi connectivity index (χ0v) is 11.6. The van der Waals surface area contributed by atoms with Crippen molar-refractivity contribution in [2.45, 2.75) is 37.8 Å². The highest BCUT2D eigenvalue weighted by Gasteiger charge is 2.41. The summed E-state index contributed by atoms with van der Waals surface area (Å²) in [6, 6.07) is 1.59. The lowest BCUT2D eigenvalue weighted by Crippen LogP contribution is -2.11. The Hall–Kier alpha value is -1.99. The van der Waals surface area contributed by atoms with Gasteiger partial charge in [0, 0.05) is 24.9 Å². The molecule has 0 unspecified atom stereocenters. The second-order valence-electron chi connectivity index (χ2n) is 5.39. The fraction of sp³-hybridized carbons (Fsp3) is 0.538. The Labute approximate surface area is 119 Å². The van der Waals surface area contributed by atoms with E-state index in [4.69, 9.17) is 5.73 Å². The van der Waals surface area contributed by atoms with Gasteiger partial charge in [0.1, 0.15) is 5.82 Å². The highest BCUT2D eigenvalue weighted by Crippen LogP contribution is 2.44. The maximum absolute atomic E-state index is 13.3. The van der Waals surface area contributed by atoms with Crippen molar-refractivity contribution in [2.75, 3.05) is 5.73 Å². The summed E-state index contributed by atoms with van der Waals surface area (Å²) >= 11 is 0. The number of rotatable bonds is 2. The van der Waals surface area contributed by atoms with Crippen LogP contribution in [0.1, 0.15) is 42.9 Å². The van der Waals surface area contributed by atoms with Crippen molar-refractivity contribution in [2.24, 2.45) is 7.05 Å². The standard InChI is InChI=1S/C13H16F3N5/c1-20-7-6-9(18-20)21-12(17)10(8-4-2-3-5-8)11(19-21)13(14,15)16/h6-8H,2-5,17H2,1H3. The third kappa shape index (κ3) is 2.38. The molecule has 1 aliphatic carbocycles. The van der Waals surface area contributed by atoms with Crippen molar-refractivity contribution < 1.29 is 13.2 Å². The van der Waals surface area contributed by atoms with E-state index in [-0.39, 0.29) is 17.3 Å². The zero-order chi connectivity index (χ0) is 15.2. The van der Waals surface area contributed by atoms with Crippen LogP contribution in [-0.4, -0.2) is 19.6 Å². The van der Waals surface area contributed by atoms with Gasteiger partial charge in [-0.15, -0.1) is 0 Å². The monoisotopic (exact) mass is 299 g/mol. The van der Waals surface area contributed by atoms with E-state index in [1.54, 1.807) is 19.3 Å². The predicted octanol–water partition coefficient (Wildman–Crippen LogP) is 2.86. The molecule has 2 N–H and O–H groups in total. The minimum absolute atomic E-state index is 0.0490. The number of aryl methyl sites for hydroxylation is 1. The molecule has 1 fully saturated rings. The molecule has 0 spiro atoms. The molecule has 21 heavy (non-hydrogen) atoms. The van der Waals surface area contributed by atoms with E-state index in [9.17, 15) is 13.2 Å². The molecule has 1 aliphatic rings. The molecule has 0 aromatic carbocycles. The van der Waals surface area contributed by atoms with Crippen molar-refractivity contribution in [3.8, 4) is 5.82 Å². The summed E-state index contributed by atoms with van der Waals surface area (Å²) in [5.74, 6) is 0.178. The fourth-order valence-electron chi connectivity index (χ4n) is 2.96. The molecule has 0 radical (unpaired) electrons. The van der Waals surface area contributed by atoms with Crippen molar-refractivity contribution in [1.29, 1.82) is 0 Å². The first kappa shape index (κ1) is 14.0. The van der Waals surface area contributed by atoms with E-state index >= 15 is 0 Å². The third-order valence-corrected chi connectivity index (χ3v) is 3.91. The lowest BCUT2D eigenvalue weighted by atomic mass is 9.97. The molecule has 0 amide bonds. The van der Waals surface area contributed by atoms with Crippen molar-refractivity contribution in [3.63, 3.8) is 0 Å². The number of nitrogen functional groups attached to an aromatic ring is 1. The van der Waals surface area contributed by atoms with Gasteiger partial charge >= 0.3 is 6.18 Å². The van der Waals surface area contributed by atoms with E-state index in [0.29, 0.717) is 5.82 Å². The van der Waals surface area contributed by atoms with Gasteiger partial charge in [-0.3, -0.25) is 4.68 Å². The summed E-state index contributed by atoms with van der Waals surface area (Å²) in [4.78, 5) is 0. The van der Waals surface area contributed by atoms with Crippen LogP contribution in [-0.2, 0) is 13.2 Å². The van der Waals surface area contributed by atoms with Crippen molar-refractivity contribution >= 4 is 5.82 Å². The number of aromatic nitrogens is 4. The Kier molecular flexibility index (Phi) is 3.18. The van der Waals surface area contributed by atoms with E-state index in [0.717, 1.165) is 30.4 Å². The van der Waals surface area contributed by atoms with Crippen LogP contribution < -0.4 is 5.73 Å². The number of hydrogen-bond donors (Lipinski definition) is 1. The third-order valence-electron chi connectivity index (χ3n) is 3.91. The van der Waals surface area contributed by atoms with Crippen LogP contribution >= 0.6 is 0 Å². The molecular formula is C13H16F3N5. The average Bonchev–Trinajstić information content (AvgIpc) is 3.07. The van der Waals surface area contributed by atoms with Crippen LogP contribution in [0.2, 0.25) is 0 Å². The molecule has 3 rings (SSSR count). The highest BCUT2D eigenvalue weighted by molar-refractivity contribution is 5.51. The van der Waals surface area contributed by atoms with Gasteiger partial charge in [0.05, 0.1) is 0 Å². The van der Waals surface area contributed by atoms with Crippen LogP contribution in [0.3, 0.4) is 0 Å². The van der Waals surface area contributed by atoms with Crippen LogP contribution in [0.5, 0.6) is 0 Å². The SMILES string of the molecule is Cn1ccc(-n2nc(C(F)(F)F)c(C3CCCC3)c2N)n1. The van der Waals surface area contributed by atoms with E-state index in [1.165, 1.54) is 4.68 Å². The van der Waals surface area contributed by atoms with Crippen LogP contribution in [0.15, 0.2) is 12.3 Å². The van der Waals surface area contributed by atoms with Crippen molar-refractivity contribution in [3.05, 3.63) is 23.5 Å². The molecule has 1 saturated carbocycles. The molecule has 2 aromatic heterocycles. The summed E-state index contributed by atoms with van der Waals surface area (Å²) in [6.07, 6.45) is 0.430. The normalized spacial score (nSPS) is 16.8. The Morgan fingerprint density at radius 1 is 1.24 bits per heavy atom. The lowest BCUT2D eigenvalue weighted by molar-refractivity contribution is -0.142. The average molecular weight is 299 g/mol. The summed E-state index contributed by atoms with van der Waals surface area (Å²) in [6.45, 7) is 0. The molecule has 0 atom stereocenters. The number of nitrogens with zero attached hydrogens (tertiary/aromatic N) is 4. The topological polar surface area (TPSA) is 61.7 Å². The minimum atomic E-state index is -4.51. The fourth-order valence-corrected chi connectivity index (χ4v) is 2.96. The van der Waals surface area contributed by atoms with Crippen molar-refractivity contribution in [1.82, 2.24) is 19.6 Å². The van der Waals surface area contributed by atoms with E-state index < -0.39 is 11.9 Å². The summed E-state index contributed by atoms with van der Waals surface area (Å²) in [5, 5.41) is 7.77. The van der Waals surface area contributed by atoms with E-state index in [2.05, 4.69) is 10.2 Å². The maximum Gasteiger partial charge on any atom is 0.435 e. The number of nitrogens with two attached hydrogens (primary N) is 1. The molecule has 0 saturated heterocycles. The second-order valence-corrected chi connectivity index (χ2v) is 5.39. The molecule has 2 heterocycles. The Morgan fingerprint density at radius 3 is 2.43 bits per heavy atom. The quantitative estimate of drug-likeness (QED) is 0.927. The minimum Gasteiger partial charge on any atom is -0.383 e. The summed E-state index contributed by atoms with van der Waals surface area (Å²) in [7, 11) is 1.69. The molecule has 5 nitrogen and oxygen atoms in total. The molecule has 0 bridgehead atoms. The Balaban J connectivity index is 2.15. The van der Waals surface area contributed by atoms with E-state index in [1.807, 2.05) is 0 Å². The zero-order valence-electron chi connectivity index (χ0n) is 11.6. The van der Waals surface area contributed by atoms with Gasteiger partial charge in [-0.2, -0.15) is 28.1 Å². The van der Waals surface area contributed by atoms with Gasteiger partial charge in [0.2, 0.25) is 0 Å². The number of hydrogen-bond acceptors (Lipinski definition) is 3. The van der Waals surface area contributed by atoms with Crippen LogP contribution in [0, 0.1) is 0 Å². The van der Waals surface area contributed by atoms with Gasteiger partial charge in [-0.1, -0.05) is 12.8 Å². The van der Waals surface area contributed by atoms with Gasteiger partial charge in [-0.25, -0.2) is 0 Å². The maximum atomic E-state index is 13.3. The summed E-state index contributed by atoms with van der Waals surface area (Å²) in [5.41, 5.74) is 5.23. The molecular weight excluding hydrogens is 283 g/mol. The van der Waals surface area contributed by atoms with Crippen LogP contribution in [0.4, 0.5) is 19.0 Å². The van der Waals surface area contributed by atoms with Gasteiger partial charge in [-0.05, 0) is 18.8 Å². The molecule has 114 valence electrons. The Morgan fingerprint density at radius 2 is 1.90 bits per heavy atom. The predicted molar refractivity (Wildman–Crippen MR) is 71.0 cm³/mol. The Bertz CT molecular complexity index is 649. The van der Waals surface area contributed by atoms with Gasteiger partial charge < -0.3 is 5.73 Å². The summed E-state index contributed by atoms with van der Waals surface area (Å²) < 4.78 is 42.4. The first-order chi connectivity index (χ1) is 9.88. The number of halogens is 3. The number of anilines is 1. The number of alkyl halides is 3. The van der Waals surface area contributed by atoms with Gasteiger partial charge in [0.25, 0.3) is 0 Å². The molecule has 8 heteroatoms. The molecule has 0 aliphatic heterocycles. The largest absolute Gasteiger partial charge is 0.435 e.